The second kappa shape index (κ2) is 8.53. The van der Waals surface area contributed by atoms with E-state index in [9.17, 15) is 4.79 Å². The van der Waals surface area contributed by atoms with Crippen LogP contribution in [0.3, 0.4) is 0 Å². The van der Waals surface area contributed by atoms with Crippen LogP contribution in [0.5, 0.6) is 0 Å². The quantitative estimate of drug-likeness (QED) is 0.424. The van der Waals surface area contributed by atoms with Crippen LogP contribution in [-0.4, -0.2) is 22.4 Å². The lowest BCUT2D eigenvalue weighted by atomic mass is 10.1. The van der Waals surface area contributed by atoms with Gasteiger partial charge in [-0.25, -0.2) is 0 Å². The second-order valence-electron chi connectivity index (χ2n) is 5.61. The van der Waals surface area contributed by atoms with Gasteiger partial charge in [-0.05, 0) is 31.2 Å². The van der Waals surface area contributed by atoms with E-state index in [1.807, 2.05) is 19.1 Å². The number of anilines is 1. The van der Waals surface area contributed by atoms with Crippen LogP contribution in [-0.2, 0) is 4.79 Å². The number of nitrogens with zero attached hydrogens (tertiary/aromatic N) is 2. The van der Waals surface area contributed by atoms with Crippen LogP contribution < -0.4 is 4.90 Å². The third-order valence-electron chi connectivity index (χ3n) is 3.94. The summed E-state index contributed by atoms with van der Waals surface area (Å²) in [5, 5.41) is 5.04. The monoisotopic (exact) mass is 442 g/mol. The van der Waals surface area contributed by atoms with Crippen molar-refractivity contribution in [2.75, 3.05) is 11.4 Å². The predicted octanol–water partition coefficient (Wildman–Crippen LogP) is 6.47. The highest BCUT2D eigenvalue weighted by Gasteiger charge is 2.21. The van der Waals surface area contributed by atoms with E-state index >= 15 is 0 Å². The normalized spacial score (nSPS) is 11.0. The van der Waals surface area contributed by atoms with Gasteiger partial charge in [0.15, 0.2) is 10.6 Å². The summed E-state index contributed by atoms with van der Waals surface area (Å²) >= 11 is 23.9. The zero-order valence-corrected chi connectivity index (χ0v) is 17.1. The van der Waals surface area contributed by atoms with Gasteiger partial charge in [-0.1, -0.05) is 69.8 Å². The molecule has 0 aliphatic carbocycles. The molecule has 0 aliphatic heterocycles. The van der Waals surface area contributed by atoms with Gasteiger partial charge in [0.1, 0.15) is 5.69 Å². The largest absolute Gasteiger partial charge is 0.356 e. The number of benzene rings is 2. The molecule has 0 radical (unpaired) electrons. The zero-order valence-electron chi connectivity index (χ0n) is 14.1. The first-order valence-electron chi connectivity index (χ1n) is 8.03. The van der Waals surface area contributed by atoms with Crippen molar-refractivity contribution in [2.45, 2.75) is 11.8 Å². The summed E-state index contributed by atoms with van der Waals surface area (Å²) in [6, 6.07) is 14.2. The first-order valence-corrected chi connectivity index (χ1v) is 9.66. The van der Waals surface area contributed by atoms with Gasteiger partial charge >= 0.3 is 0 Å². The highest BCUT2D eigenvalue weighted by Crippen LogP contribution is 2.36. The average molecular weight is 444 g/mol. The highest BCUT2D eigenvalue weighted by atomic mass is 35.5. The van der Waals surface area contributed by atoms with E-state index in [-0.39, 0.29) is 5.91 Å². The van der Waals surface area contributed by atoms with Crippen LogP contribution >= 0.6 is 46.4 Å². The van der Waals surface area contributed by atoms with Crippen molar-refractivity contribution in [1.29, 1.82) is 0 Å². The molecule has 1 aromatic heterocycles. The summed E-state index contributed by atoms with van der Waals surface area (Å²) in [6.45, 7) is 2.27. The van der Waals surface area contributed by atoms with Crippen molar-refractivity contribution in [3.8, 4) is 22.6 Å². The summed E-state index contributed by atoms with van der Waals surface area (Å²) in [5.41, 5.74) is 2.52. The highest BCUT2D eigenvalue weighted by molar-refractivity contribution is 6.54. The number of hydrogen-bond acceptors (Lipinski definition) is 3. The SMILES string of the molecule is CCN(C(=O)C(Cl)Cl)c1cccc(-c2cc(-c3c(Cl)cccc3Cl)no2)c1. The Balaban J connectivity index is 1.97. The number of rotatable bonds is 5. The molecule has 8 heteroatoms. The van der Waals surface area contributed by atoms with E-state index in [1.165, 1.54) is 4.90 Å². The lowest BCUT2D eigenvalue weighted by molar-refractivity contribution is -0.117. The Morgan fingerprint density at radius 1 is 1.11 bits per heavy atom. The number of amides is 1. The predicted molar refractivity (Wildman–Crippen MR) is 111 cm³/mol. The molecular weight excluding hydrogens is 430 g/mol. The minimum atomic E-state index is -1.13. The fourth-order valence-corrected chi connectivity index (χ4v) is 3.51. The minimum absolute atomic E-state index is 0.390. The first-order chi connectivity index (χ1) is 12.9. The number of carbonyl (C=O) groups is 1. The lowest BCUT2D eigenvalue weighted by Crippen LogP contribution is -2.34. The first kappa shape index (κ1) is 20.0. The maximum absolute atomic E-state index is 12.2. The summed E-state index contributed by atoms with van der Waals surface area (Å²) in [5.74, 6) is 0.124. The number of hydrogen-bond donors (Lipinski definition) is 0. The molecule has 0 fully saturated rings. The Bertz CT molecular complexity index is 952. The fraction of sp³-hybridized carbons (Fsp3) is 0.158. The third-order valence-corrected chi connectivity index (χ3v) is 4.94. The van der Waals surface area contributed by atoms with Crippen molar-refractivity contribution in [2.24, 2.45) is 0 Å². The molecule has 1 heterocycles. The molecule has 4 nitrogen and oxygen atoms in total. The second-order valence-corrected chi connectivity index (χ2v) is 7.52. The van der Waals surface area contributed by atoms with Crippen molar-refractivity contribution in [3.05, 3.63) is 58.6 Å². The Morgan fingerprint density at radius 3 is 2.41 bits per heavy atom. The zero-order chi connectivity index (χ0) is 19.6. The Hall–Kier alpha value is -1.72. The summed E-state index contributed by atoms with van der Waals surface area (Å²) in [7, 11) is 0. The van der Waals surface area contributed by atoms with E-state index in [4.69, 9.17) is 50.9 Å². The molecule has 3 rings (SSSR count). The molecule has 0 N–H and O–H groups in total. The van der Waals surface area contributed by atoms with Gasteiger partial charge in [0, 0.05) is 29.4 Å². The van der Waals surface area contributed by atoms with Crippen molar-refractivity contribution in [3.63, 3.8) is 0 Å². The molecule has 0 aliphatic rings. The molecule has 3 aromatic rings. The Morgan fingerprint density at radius 2 is 1.78 bits per heavy atom. The molecule has 0 unspecified atom stereocenters. The van der Waals surface area contributed by atoms with Crippen LogP contribution in [0.15, 0.2) is 53.1 Å². The molecule has 27 heavy (non-hydrogen) atoms. The number of alkyl halides is 2. The summed E-state index contributed by atoms with van der Waals surface area (Å²) < 4.78 is 5.47. The summed E-state index contributed by atoms with van der Waals surface area (Å²) in [6.07, 6.45) is 0. The minimum Gasteiger partial charge on any atom is -0.356 e. The van der Waals surface area contributed by atoms with Gasteiger partial charge in [0.05, 0.1) is 10.0 Å². The van der Waals surface area contributed by atoms with E-state index < -0.39 is 4.84 Å². The maximum atomic E-state index is 12.2. The molecule has 140 valence electrons. The molecule has 0 saturated carbocycles. The van der Waals surface area contributed by atoms with Gasteiger partial charge in [-0.15, -0.1) is 0 Å². The average Bonchev–Trinajstić information content (AvgIpc) is 3.12. The van der Waals surface area contributed by atoms with E-state index in [0.29, 0.717) is 39.3 Å². The summed E-state index contributed by atoms with van der Waals surface area (Å²) in [4.78, 5) is 12.5. The standard InChI is InChI=1S/C19H14Cl4N2O2/c1-2-25(19(26)18(22)23)12-6-3-5-11(9-12)16-10-15(24-27-16)17-13(20)7-4-8-14(17)21/h3-10,18H,2H2,1H3. The molecular formula is C19H14Cl4N2O2. The molecule has 0 bridgehead atoms. The maximum Gasteiger partial charge on any atom is 0.260 e. The Kier molecular flexibility index (Phi) is 6.33. The van der Waals surface area contributed by atoms with Crippen LogP contribution in [0.4, 0.5) is 5.69 Å². The topological polar surface area (TPSA) is 46.3 Å². The number of carbonyl (C=O) groups excluding carboxylic acids is 1. The smallest absolute Gasteiger partial charge is 0.260 e. The van der Waals surface area contributed by atoms with E-state index in [2.05, 4.69) is 5.16 Å². The van der Waals surface area contributed by atoms with Gasteiger partial charge < -0.3 is 9.42 Å². The van der Waals surface area contributed by atoms with E-state index in [1.54, 1.807) is 36.4 Å². The molecule has 1 amide bonds. The van der Waals surface area contributed by atoms with Gasteiger partial charge in [0.25, 0.3) is 5.91 Å². The Labute approximate surface area is 176 Å². The van der Waals surface area contributed by atoms with Crippen molar-refractivity contribution >= 4 is 58.0 Å². The van der Waals surface area contributed by atoms with Crippen LogP contribution in [0.25, 0.3) is 22.6 Å². The molecule has 2 aromatic carbocycles. The van der Waals surface area contributed by atoms with E-state index in [0.717, 1.165) is 5.56 Å². The van der Waals surface area contributed by atoms with Crippen LogP contribution in [0.1, 0.15) is 6.92 Å². The third kappa shape index (κ3) is 4.25. The van der Waals surface area contributed by atoms with Crippen LogP contribution in [0, 0.1) is 0 Å². The fourth-order valence-electron chi connectivity index (χ4n) is 2.68. The van der Waals surface area contributed by atoms with Crippen LogP contribution in [0.2, 0.25) is 10.0 Å². The lowest BCUT2D eigenvalue weighted by Gasteiger charge is -2.21. The van der Waals surface area contributed by atoms with Crippen molar-refractivity contribution < 1.29 is 9.32 Å². The molecule has 0 atom stereocenters. The molecule has 0 saturated heterocycles. The number of halogens is 4. The van der Waals surface area contributed by atoms with Gasteiger partial charge in [-0.3, -0.25) is 4.79 Å². The van der Waals surface area contributed by atoms with Crippen molar-refractivity contribution in [1.82, 2.24) is 5.16 Å². The van der Waals surface area contributed by atoms with Gasteiger partial charge in [0.2, 0.25) is 0 Å². The number of aromatic nitrogens is 1. The molecule has 0 spiro atoms. The van der Waals surface area contributed by atoms with Gasteiger partial charge in [-0.2, -0.15) is 0 Å².